The maximum absolute atomic E-state index is 12.8. The molecule has 1 aromatic heterocycles. The van der Waals surface area contributed by atoms with E-state index in [0.717, 1.165) is 29.9 Å². The van der Waals surface area contributed by atoms with Crippen molar-refractivity contribution >= 4 is 12.0 Å². The summed E-state index contributed by atoms with van der Waals surface area (Å²) in [4.78, 5) is 26.4. The van der Waals surface area contributed by atoms with Crippen molar-refractivity contribution in [2.75, 3.05) is 13.1 Å². The summed E-state index contributed by atoms with van der Waals surface area (Å²) >= 11 is 0. The van der Waals surface area contributed by atoms with E-state index >= 15 is 0 Å². The fourth-order valence-electron chi connectivity index (χ4n) is 3.21. The number of carbonyl (C=O) groups is 2. The molecule has 0 aliphatic carbocycles. The molecule has 6 heteroatoms. The molecule has 0 radical (unpaired) electrons. The second kappa shape index (κ2) is 6.87. The molecule has 1 aliphatic rings. The van der Waals surface area contributed by atoms with Crippen molar-refractivity contribution in [3.8, 4) is 0 Å². The molecule has 134 valence electrons. The third-order valence-electron chi connectivity index (χ3n) is 4.32. The zero-order valence-electron chi connectivity index (χ0n) is 15.6. The number of alkyl carbamates (subject to hydrolysis) is 1. The number of hydrogen-bond acceptors (Lipinski definition) is 3. The zero-order chi connectivity index (χ0) is 18.1. The van der Waals surface area contributed by atoms with E-state index in [1.54, 1.807) is 0 Å². The minimum atomic E-state index is -0.518. The van der Waals surface area contributed by atoms with Crippen LogP contribution in [0.25, 0.3) is 0 Å². The quantitative estimate of drug-likeness (QED) is 0.924. The molecule has 1 saturated heterocycles. The maximum atomic E-state index is 12.8. The first-order valence-corrected chi connectivity index (χ1v) is 8.58. The smallest absolute Gasteiger partial charge is 0.407 e. The molecule has 2 heterocycles. The van der Waals surface area contributed by atoms with E-state index in [1.807, 2.05) is 45.6 Å². The lowest BCUT2D eigenvalue weighted by Crippen LogP contribution is -2.41. The van der Waals surface area contributed by atoms with Gasteiger partial charge in [0.25, 0.3) is 5.91 Å². The summed E-state index contributed by atoms with van der Waals surface area (Å²) in [7, 11) is 0. The van der Waals surface area contributed by atoms with Crippen molar-refractivity contribution in [1.82, 2.24) is 14.8 Å². The number of nitrogens with one attached hydrogen (secondary N) is 1. The average molecular weight is 335 g/mol. The SMILES string of the molecule is CCn1c(C)cc(C(=O)N2CC[C@@H](NC(=O)OC(C)(C)C)C2)c1C. The van der Waals surface area contributed by atoms with Gasteiger partial charge in [0, 0.05) is 31.0 Å². The van der Waals surface area contributed by atoms with E-state index in [4.69, 9.17) is 4.74 Å². The van der Waals surface area contributed by atoms with Crippen molar-refractivity contribution in [1.29, 1.82) is 0 Å². The molecule has 1 aliphatic heterocycles. The van der Waals surface area contributed by atoms with Crippen LogP contribution in [0.2, 0.25) is 0 Å². The van der Waals surface area contributed by atoms with Gasteiger partial charge in [-0.3, -0.25) is 4.79 Å². The number of amides is 2. The van der Waals surface area contributed by atoms with E-state index < -0.39 is 11.7 Å². The van der Waals surface area contributed by atoms with Gasteiger partial charge in [0.2, 0.25) is 0 Å². The highest BCUT2D eigenvalue weighted by Crippen LogP contribution is 2.20. The van der Waals surface area contributed by atoms with Crippen LogP contribution in [-0.2, 0) is 11.3 Å². The van der Waals surface area contributed by atoms with E-state index in [1.165, 1.54) is 0 Å². The number of likely N-dealkylation sites (tertiary alicyclic amines) is 1. The summed E-state index contributed by atoms with van der Waals surface area (Å²) in [6.45, 7) is 13.6. The Bertz CT molecular complexity index is 628. The number of aromatic nitrogens is 1. The summed E-state index contributed by atoms with van der Waals surface area (Å²) < 4.78 is 7.41. The van der Waals surface area contributed by atoms with Gasteiger partial charge < -0.3 is 19.5 Å². The van der Waals surface area contributed by atoms with E-state index in [9.17, 15) is 9.59 Å². The standard InChI is InChI=1S/C18H29N3O3/c1-7-21-12(2)10-15(13(21)3)16(22)20-9-8-14(11-20)19-17(23)24-18(4,5)6/h10,14H,7-9,11H2,1-6H3,(H,19,23)/t14-/m1/s1. The maximum Gasteiger partial charge on any atom is 0.407 e. The third-order valence-corrected chi connectivity index (χ3v) is 4.32. The zero-order valence-corrected chi connectivity index (χ0v) is 15.6. The molecule has 1 atom stereocenters. The molecule has 2 amide bonds. The lowest BCUT2D eigenvalue weighted by molar-refractivity contribution is 0.0502. The normalized spacial score (nSPS) is 17.9. The van der Waals surface area contributed by atoms with Gasteiger partial charge in [-0.1, -0.05) is 0 Å². The van der Waals surface area contributed by atoms with E-state index in [2.05, 4.69) is 16.8 Å². The summed E-state index contributed by atoms with van der Waals surface area (Å²) in [5, 5.41) is 2.85. The van der Waals surface area contributed by atoms with E-state index in [-0.39, 0.29) is 11.9 Å². The van der Waals surface area contributed by atoms with Crippen LogP contribution in [0.1, 0.15) is 55.9 Å². The van der Waals surface area contributed by atoms with Gasteiger partial charge in [0.1, 0.15) is 5.60 Å². The first kappa shape index (κ1) is 18.4. The Morgan fingerprint density at radius 3 is 2.54 bits per heavy atom. The summed E-state index contributed by atoms with van der Waals surface area (Å²) in [5.74, 6) is 0.0382. The van der Waals surface area contributed by atoms with Gasteiger partial charge >= 0.3 is 6.09 Å². The molecule has 0 bridgehead atoms. The predicted octanol–water partition coefficient (Wildman–Crippen LogP) is 2.86. The highest BCUT2D eigenvalue weighted by Gasteiger charge is 2.30. The van der Waals surface area contributed by atoms with Crippen molar-refractivity contribution in [3.63, 3.8) is 0 Å². The van der Waals surface area contributed by atoms with Crippen LogP contribution >= 0.6 is 0 Å². The molecule has 6 nitrogen and oxygen atoms in total. The molecular formula is C18H29N3O3. The van der Waals surface area contributed by atoms with Crippen molar-refractivity contribution in [2.45, 2.75) is 66.2 Å². The van der Waals surface area contributed by atoms with Gasteiger partial charge in [0.05, 0.1) is 11.6 Å². The summed E-state index contributed by atoms with van der Waals surface area (Å²) in [5.41, 5.74) is 2.34. The Labute approximate surface area is 144 Å². The monoisotopic (exact) mass is 335 g/mol. The van der Waals surface area contributed by atoms with Gasteiger partial charge in [-0.2, -0.15) is 0 Å². The number of nitrogens with zero attached hydrogens (tertiary/aromatic N) is 2. The Hall–Kier alpha value is -1.98. The predicted molar refractivity (Wildman–Crippen MR) is 93.3 cm³/mol. The van der Waals surface area contributed by atoms with Crippen LogP contribution in [0, 0.1) is 13.8 Å². The number of rotatable bonds is 3. The Kier molecular flexibility index (Phi) is 5.26. The van der Waals surface area contributed by atoms with Gasteiger partial charge in [-0.05, 0) is 54.0 Å². The average Bonchev–Trinajstić information content (AvgIpc) is 3.01. The number of ether oxygens (including phenoxy) is 1. The topological polar surface area (TPSA) is 63.6 Å². The molecule has 2 rings (SSSR count). The van der Waals surface area contributed by atoms with Crippen molar-refractivity contribution in [2.24, 2.45) is 0 Å². The molecular weight excluding hydrogens is 306 g/mol. The highest BCUT2D eigenvalue weighted by atomic mass is 16.6. The fraction of sp³-hybridized carbons (Fsp3) is 0.667. The second-order valence-electron chi connectivity index (χ2n) is 7.41. The van der Waals surface area contributed by atoms with Crippen LogP contribution in [0.3, 0.4) is 0 Å². The first-order chi connectivity index (χ1) is 11.1. The van der Waals surface area contributed by atoms with Crippen LogP contribution < -0.4 is 5.32 Å². The van der Waals surface area contributed by atoms with E-state index in [0.29, 0.717) is 13.1 Å². The Balaban J connectivity index is 1.98. The van der Waals surface area contributed by atoms with Crippen LogP contribution in [0.15, 0.2) is 6.07 Å². The molecule has 1 fully saturated rings. The van der Waals surface area contributed by atoms with Crippen LogP contribution in [0.5, 0.6) is 0 Å². The molecule has 0 unspecified atom stereocenters. The Morgan fingerprint density at radius 1 is 1.33 bits per heavy atom. The first-order valence-electron chi connectivity index (χ1n) is 8.58. The van der Waals surface area contributed by atoms with Crippen LogP contribution in [-0.4, -0.2) is 46.2 Å². The molecule has 0 spiro atoms. The molecule has 1 N–H and O–H groups in total. The molecule has 0 saturated carbocycles. The number of carbonyl (C=O) groups excluding carboxylic acids is 2. The van der Waals surface area contributed by atoms with Gasteiger partial charge in [0.15, 0.2) is 0 Å². The number of aryl methyl sites for hydroxylation is 1. The largest absolute Gasteiger partial charge is 0.444 e. The highest BCUT2D eigenvalue weighted by molar-refractivity contribution is 5.96. The fourth-order valence-corrected chi connectivity index (χ4v) is 3.21. The second-order valence-corrected chi connectivity index (χ2v) is 7.41. The molecule has 24 heavy (non-hydrogen) atoms. The number of hydrogen-bond donors (Lipinski definition) is 1. The van der Waals surface area contributed by atoms with Gasteiger partial charge in [-0.15, -0.1) is 0 Å². The molecule has 0 aromatic carbocycles. The van der Waals surface area contributed by atoms with Crippen molar-refractivity contribution in [3.05, 3.63) is 23.0 Å². The van der Waals surface area contributed by atoms with Crippen LogP contribution in [0.4, 0.5) is 4.79 Å². The summed E-state index contributed by atoms with van der Waals surface area (Å²) in [6.07, 6.45) is 0.322. The Morgan fingerprint density at radius 2 is 2.00 bits per heavy atom. The third kappa shape index (κ3) is 4.10. The van der Waals surface area contributed by atoms with Crippen molar-refractivity contribution < 1.29 is 14.3 Å². The summed E-state index contributed by atoms with van der Waals surface area (Å²) in [6, 6.07) is 1.90. The minimum absolute atomic E-state index is 0.0382. The molecule has 1 aromatic rings. The lowest BCUT2D eigenvalue weighted by Gasteiger charge is -2.22. The lowest BCUT2D eigenvalue weighted by atomic mass is 10.2. The van der Waals surface area contributed by atoms with Gasteiger partial charge in [-0.25, -0.2) is 4.79 Å². The minimum Gasteiger partial charge on any atom is -0.444 e.